The average molecular weight is 206 g/mol. The van der Waals surface area contributed by atoms with E-state index in [-0.39, 0.29) is 5.82 Å². The van der Waals surface area contributed by atoms with Gasteiger partial charge in [-0.2, -0.15) is 0 Å². The fourth-order valence-electron chi connectivity index (χ4n) is 1.19. The van der Waals surface area contributed by atoms with Crippen molar-refractivity contribution in [3.8, 4) is 11.3 Å². The monoisotopic (exact) mass is 206 g/mol. The van der Waals surface area contributed by atoms with E-state index in [1.807, 2.05) is 0 Å². The number of hydrogen-bond donors (Lipinski definition) is 1. The first-order valence-electron chi connectivity index (χ1n) is 4.06. The minimum Gasteiger partial charge on any atom is -0.361 e. The van der Waals surface area contributed by atoms with Crippen LogP contribution in [0.25, 0.3) is 11.3 Å². The fraction of sp³-hybridized carbons (Fsp3) is 0. The highest BCUT2D eigenvalue weighted by atomic mass is 32.1. The van der Waals surface area contributed by atoms with E-state index in [4.69, 9.17) is 12.2 Å². The van der Waals surface area contributed by atoms with Crippen molar-refractivity contribution in [3.05, 3.63) is 47.1 Å². The SMILES string of the molecule is Fc1cnccc1-c1cc(=S)cc[nH]1. The number of aromatic nitrogens is 2. The Hall–Kier alpha value is -1.55. The highest BCUT2D eigenvalue weighted by Crippen LogP contribution is 2.18. The molecule has 0 fully saturated rings. The average Bonchev–Trinajstić information content (AvgIpc) is 2.18. The molecule has 0 saturated heterocycles. The number of nitrogens with one attached hydrogen (secondary N) is 1. The van der Waals surface area contributed by atoms with E-state index in [0.29, 0.717) is 15.8 Å². The van der Waals surface area contributed by atoms with Crippen LogP contribution in [0.4, 0.5) is 4.39 Å². The quantitative estimate of drug-likeness (QED) is 0.727. The van der Waals surface area contributed by atoms with E-state index >= 15 is 0 Å². The van der Waals surface area contributed by atoms with Gasteiger partial charge in [-0.25, -0.2) is 4.39 Å². The van der Waals surface area contributed by atoms with Crippen LogP contribution in [0.15, 0.2) is 36.8 Å². The summed E-state index contributed by atoms with van der Waals surface area (Å²) in [6.07, 6.45) is 4.42. The molecule has 0 radical (unpaired) electrons. The molecule has 0 aliphatic carbocycles. The smallest absolute Gasteiger partial charge is 0.150 e. The topological polar surface area (TPSA) is 28.7 Å². The first-order valence-corrected chi connectivity index (χ1v) is 4.47. The van der Waals surface area contributed by atoms with Crippen molar-refractivity contribution in [2.24, 2.45) is 0 Å². The maximum atomic E-state index is 13.3. The summed E-state index contributed by atoms with van der Waals surface area (Å²) in [6.45, 7) is 0. The molecule has 0 aliphatic rings. The van der Waals surface area contributed by atoms with Crippen LogP contribution in [0.3, 0.4) is 0 Å². The molecule has 14 heavy (non-hydrogen) atoms. The van der Waals surface area contributed by atoms with Gasteiger partial charge in [-0.05, 0) is 18.2 Å². The third kappa shape index (κ3) is 1.70. The lowest BCUT2D eigenvalue weighted by Crippen LogP contribution is -1.88. The third-order valence-corrected chi connectivity index (χ3v) is 2.09. The molecule has 0 saturated carbocycles. The van der Waals surface area contributed by atoms with Gasteiger partial charge in [0.25, 0.3) is 0 Å². The Kier molecular flexibility index (Phi) is 2.37. The molecule has 2 aromatic heterocycles. The lowest BCUT2D eigenvalue weighted by atomic mass is 10.2. The third-order valence-electron chi connectivity index (χ3n) is 1.84. The molecule has 0 spiro atoms. The number of H-pyrrole nitrogens is 1. The Labute approximate surface area is 85.5 Å². The molecule has 2 aromatic rings. The number of halogens is 1. The van der Waals surface area contributed by atoms with Crippen molar-refractivity contribution in [1.29, 1.82) is 0 Å². The molecule has 0 bridgehead atoms. The number of hydrogen-bond acceptors (Lipinski definition) is 2. The van der Waals surface area contributed by atoms with Gasteiger partial charge in [0.15, 0.2) is 5.82 Å². The zero-order chi connectivity index (χ0) is 9.97. The molecule has 0 amide bonds. The predicted octanol–water partition coefficient (Wildman–Crippen LogP) is 2.95. The van der Waals surface area contributed by atoms with Crippen molar-refractivity contribution in [1.82, 2.24) is 9.97 Å². The van der Waals surface area contributed by atoms with E-state index in [1.165, 1.54) is 6.20 Å². The summed E-state index contributed by atoms with van der Waals surface area (Å²) in [7, 11) is 0. The Bertz CT molecular complexity index is 507. The van der Waals surface area contributed by atoms with E-state index < -0.39 is 0 Å². The highest BCUT2D eigenvalue weighted by molar-refractivity contribution is 7.71. The molecule has 0 aliphatic heterocycles. The van der Waals surface area contributed by atoms with E-state index in [9.17, 15) is 4.39 Å². The zero-order valence-corrected chi connectivity index (χ0v) is 8.01. The van der Waals surface area contributed by atoms with Crippen LogP contribution >= 0.6 is 12.2 Å². The minimum atomic E-state index is -0.357. The van der Waals surface area contributed by atoms with Crippen molar-refractivity contribution in [2.45, 2.75) is 0 Å². The number of aromatic amines is 1. The summed E-state index contributed by atoms with van der Waals surface area (Å²) in [5.41, 5.74) is 1.14. The van der Waals surface area contributed by atoms with Crippen LogP contribution in [-0.4, -0.2) is 9.97 Å². The molecular weight excluding hydrogens is 199 g/mol. The van der Waals surface area contributed by atoms with Gasteiger partial charge < -0.3 is 4.98 Å². The predicted molar refractivity (Wildman–Crippen MR) is 54.8 cm³/mol. The molecule has 0 atom stereocenters. The molecule has 4 heteroatoms. The van der Waals surface area contributed by atoms with Crippen molar-refractivity contribution in [2.75, 3.05) is 0 Å². The summed E-state index contributed by atoms with van der Waals surface area (Å²) in [6, 6.07) is 5.07. The van der Waals surface area contributed by atoms with E-state index in [0.717, 1.165) is 0 Å². The second-order valence-corrected chi connectivity index (χ2v) is 3.26. The molecule has 2 rings (SSSR count). The van der Waals surface area contributed by atoms with Crippen LogP contribution < -0.4 is 0 Å². The molecule has 2 heterocycles. The molecule has 70 valence electrons. The van der Waals surface area contributed by atoms with Crippen LogP contribution in [-0.2, 0) is 0 Å². The Morgan fingerprint density at radius 3 is 2.93 bits per heavy atom. The van der Waals surface area contributed by atoms with E-state index in [2.05, 4.69) is 9.97 Å². The molecule has 0 unspecified atom stereocenters. The first kappa shape index (κ1) is 9.02. The maximum Gasteiger partial charge on any atom is 0.150 e. The van der Waals surface area contributed by atoms with Gasteiger partial charge in [-0.15, -0.1) is 0 Å². The Morgan fingerprint density at radius 2 is 2.21 bits per heavy atom. The van der Waals surface area contributed by atoms with Crippen molar-refractivity contribution >= 4 is 12.2 Å². The summed E-state index contributed by atoms with van der Waals surface area (Å²) >= 11 is 4.98. The normalized spacial score (nSPS) is 10.1. The summed E-state index contributed by atoms with van der Waals surface area (Å²) in [5, 5.41) is 0. The number of rotatable bonds is 1. The molecule has 0 aromatic carbocycles. The van der Waals surface area contributed by atoms with Gasteiger partial charge in [0.1, 0.15) is 0 Å². The molecule has 2 nitrogen and oxygen atoms in total. The van der Waals surface area contributed by atoms with Crippen LogP contribution in [0.2, 0.25) is 0 Å². The maximum absolute atomic E-state index is 13.3. The number of nitrogens with zero attached hydrogens (tertiary/aromatic N) is 1. The second-order valence-electron chi connectivity index (χ2n) is 2.79. The van der Waals surface area contributed by atoms with Crippen LogP contribution in [0.5, 0.6) is 0 Å². The van der Waals surface area contributed by atoms with Crippen LogP contribution in [0, 0.1) is 10.3 Å². The Balaban J connectivity index is 2.61. The summed E-state index contributed by atoms with van der Waals surface area (Å²) in [5.74, 6) is -0.357. The van der Waals surface area contributed by atoms with Gasteiger partial charge >= 0.3 is 0 Å². The fourth-order valence-corrected chi connectivity index (χ4v) is 1.38. The van der Waals surface area contributed by atoms with Gasteiger partial charge in [0, 0.05) is 28.2 Å². The van der Waals surface area contributed by atoms with Gasteiger partial charge in [0.05, 0.1) is 6.20 Å². The van der Waals surface area contributed by atoms with Crippen molar-refractivity contribution < 1.29 is 4.39 Å². The lowest BCUT2D eigenvalue weighted by Gasteiger charge is -2.01. The first-order chi connectivity index (χ1) is 6.77. The standard InChI is InChI=1S/C10H7FN2S/c11-9-6-12-3-2-8(9)10-5-7(14)1-4-13-10/h1-6H,(H,13,14). The van der Waals surface area contributed by atoms with E-state index in [1.54, 1.807) is 30.6 Å². The minimum absolute atomic E-state index is 0.357. The van der Waals surface area contributed by atoms with Crippen LogP contribution in [0.1, 0.15) is 0 Å². The highest BCUT2D eigenvalue weighted by Gasteiger charge is 2.03. The number of pyridine rings is 2. The van der Waals surface area contributed by atoms with Gasteiger partial charge in [0.2, 0.25) is 0 Å². The molecule has 1 N–H and O–H groups in total. The Morgan fingerprint density at radius 1 is 1.36 bits per heavy atom. The molecular formula is C10H7FN2S. The lowest BCUT2D eigenvalue weighted by molar-refractivity contribution is 0.624. The summed E-state index contributed by atoms with van der Waals surface area (Å²) < 4.78 is 14.0. The second kappa shape index (κ2) is 3.67. The van der Waals surface area contributed by atoms with Crippen molar-refractivity contribution in [3.63, 3.8) is 0 Å². The summed E-state index contributed by atoms with van der Waals surface area (Å²) in [4.78, 5) is 6.61. The van der Waals surface area contributed by atoms with Gasteiger partial charge in [-0.1, -0.05) is 12.2 Å². The van der Waals surface area contributed by atoms with Gasteiger partial charge in [-0.3, -0.25) is 4.98 Å². The zero-order valence-electron chi connectivity index (χ0n) is 7.20. The largest absolute Gasteiger partial charge is 0.361 e.